The number of fused-ring (bicyclic) bond motifs is 2. The molecule has 1 N–H and O–H groups in total. The number of rotatable bonds is 4. The highest BCUT2D eigenvalue weighted by atomic mass is 19.4. The maximum atomic E-state index is 12.9. The summed E-state index contributed by atoms with van der Waals surface area (Å²) in [7, 11) is 0. The van der Waals surface area contributed by atoms with Crippen LogP contribution in [0.1, 0.15) is 22.8 Å². The fourth-order valence-electron chi connectivity index (χ4n) is 3.20. The van der Waals surface area contributed by atoms with E-state index in [1.54, 1.807) is 26.0 Å². The Kier molecular flexibility index (Phi) is 4.96. The van der Waals surface area contributed by atoms with Gasteiger partial charge in [-0.3, -0.25) is 4.79 Å². The molecule has 1 amide bonds. The molecule has 3 heterocycles. The standard InChI is InChI=1S/C19H18F3N5O3/c1-10-13(11(2)27-18(24-10)25-17(26-27)19(20,21)22)7-16(28)23-8-12-9-29-14-5-3-4-6-15(14)30-12/h3-6,12H,7-9H2,1-2H3,(H,23,28). The largest absolute Gasteiger partial charge is 0.486 e. The molecule has 158 valence electrons. The second kappa shape index (κ2) is 7.47. The van der Waals surface area contributed by atoms with Crippen molar-refractivity contribution in [3.8, 4) is 11.5 Å². The number of benzene rings is 1. The summed E-state index contributed by atoms with van der Waals surface area (Å²) in [5, 5.41) is 6.25. The first-order chi connectivity index (χ1) is 14.2. The zero-order chi connectivity index (χ0) is 21.5. The van der Waals surface area contributed by atoms with Crippen molar-refractivity contribution in [2.24, 2.45) is 0 Å². The van der Waals surface area contributed by atoms with Crippen LogP contribution in [0, 0.1) is 13.8 Å². The number of halogens is 3. The van der Waals surface area contributed by atoms with Gasteiger partial charge in [-0.25, -0.2) is 9.50 Å². The zero-order valence-electron chi connectivity index (χ0n) is 16.2. The summed E-state index contributed by atoms with van der Waals surface area (Å²) in [6.07, 6.45) is -5.09. The number of para-hydroxylation sites is 2. The normalized spacial score (nSPS) is 16.0. The van der Waals surface area contributed by atoms with Crippen LogP contribution in [-0.4, -0.2) is 44.7 Å². The maximum Gasteiger partial charge on any atom is 0.453 e. The van der Waals surface area contributed by atoms with E-state index in [4.69, 9.17) is 9.47 Å². The van der Waals surface area contributed by atoms with Crippen LogP contribution in [0.2, 0.25) is 0 Å². The van der Waals surface area contributed by atoms with E-state index in [1.807, 2.05) is 12.1 Å². The fourth-order valence-corrected chi connectivity index (χ4v) is 3.20. The van der Waals surface area contributed by atoms with Crippen LogP contribution in [0.4, 0.5) is 13.2 Å². The third-order valence-electron chi connectivity index (χ3n) is 4.73. The van der Waals surface area contributed by atoms with E-state index in [9.17, 15) is 18.0 Å². The summed E-state index contributed by atoms with van der Waals surface area (Å²) in [4.78, 5) is 19.9. The summed E-state index contributed by atoms with van der Waals surface area (Å²) in [6.45, 7) is 3.71. The lowest BCUT2D eigenvalue weighted by atomic mass is 10.1. The molecule has 2 aromatic heterocycles. The molecule has 3 aromatic rings. The molecule has 1 aliphatic heterocycles. The van der Waals surface area contributed by atoms with Gasteiger partial charge in [0.25, 0.3) is 11.6 Å². The Morgan fingerprint density at radius 2 is 1.97 bits per heavy atom. The maximum absolute atomic E-state index is 12.9. The number of aryl methyl sites for hydroxylation is 2. The molecule has 0 radical (unpaired) electrons. The van der Waals surface area contributed by atoms with Crippen molar-refractivity contribution in [2.75, 3.05) is 13.2 Å². The first kappa shape index (κ1) is 19.9. The summed E-state index contributed by atoms with van der Waals surface area (Å²) in [5.41, 5.74) is 1.29. The first-order valence-corrected chi connectivity index (χ1v) is 9.17. The Bertz CT molecular complexity index is 1110. The van der Waals surface area contributed by atoms with Crippen LogP contribution in [0.15, 0.2) is 24.3 Å². The molecule has 0 spiro atoms. The van der Waals surface area contributed by atoms with Gasteiger partial charge in [-0.2, -0.15) is 18.2 Å². The van der Waals surface area contributed by atoms with Crippen LogP contribution in [-0.2, 0) is 17.4 Å². The number of hydrogen-bond donors (Lipinski definition) is 1. The van der Waals surface area contributed by atoms with E-state index in [1.165, 1.54) is 0 Å². The van der Waals surface area contributed by atoms with Gasteiger partial charge in [-0.05, 0) is 26.0 Å². The van der Waals surface area contributed by atoms with Gasteiger partial charge >= 0.3 is 6.18 Å². The molecule has 0 bridgehead atoms. The van der Waals surface area contributed by atoms with Crippen molar-refractivity contribution < 1.29 is 27.4 Å². The molecule has 30 heavy (non-hydrogen) atoms. The van der Waals surface area contributed by atoms with E-state index >= 15 is 0 Å². The molecule has 0 saturated heterocycles. The van der Waals surface area contributed by atoms with Crippen LogP contribution < -0.4 is 14.8 Å². The van der Waals surface area contributed by atoms with Crippen LogP contribution in [0.3, 0.4) is 0 Å². The molecule has 8 nitrogen and oxygen atoms in total. The number of ether oxygens (including phenoxy) is 2. The number of carbonyl (C=O) groups excluding carboxylic acids is 1. The quantitative estimate of drug-likeness (QED) is 0.695. The minimum Gasteiger partial charge on any atom is -0.486 e. The molecule has 0 aliphatic carbocycles. The van der Waals surface area contributed by atoms with Gasteiger partial charge in [0, 0.05) is 17.0 Å². The molecule has 11 heteroatoms. The Labute approximate surface area is 169 Å². The average Bonchev–Trinajstić information content (AvgIpc) is 3.14. The molecule has 1 aromatic carbocycles. The highest BCUT2D eigenvalue weighted by Gasteiger charge is 2.37. The van der Waals surface area contributed by atoms with Crippen molar-refractivity contribution >= 4 is 11.7 Å². The zero-order valence-corrected chi connectivity index (χ0v) is 16.2. The van der Waals surface area contributed by atoms with Gasteiger partial charge in [0.15, 0.2) is 11.5 Å². The lowest BCUT2D eigenvalue weighted by Gasteiger charge is -2.26. The van der Waals surface area contributed by atoms with E-state index in [0.29, 0.717) is 35.1 Å². The number of alkyl halides is 3. The second-order valence-electron chi connectivity index (χ2n) is 6.88. The lowest BCUT2D eigenvalue weighted by molar-refractivity contribution is -0.144. The minimum atomic E-state index is -4.67. The summed E-state index contributed by atoms with van der Waals surface area (Å²) < 4.78 is 51.1. The smallest absolute Gasteiger partial charge is 0.453 e. The Hall–Kier alpha value is -3.37. The third kappa shape index (κ3) is 3.87. The Morgan fingerprint density at radius 3 is 2.70 bits per heavy atom. The number of aromatic nitrogens is 4. The molecule has 1 atom stereocenters. The van der Waals surface area contributed by atoms with E-state index in [0.717, 1.165) is 4.52 Å². The first-order valence-electron chi connectivity index (χ1n) is 9.17. The monoisotopic (exact) mass is 421 g/mol. The van der Waals surface area contributed by atoms with E-state index < -0.39 is 12.0 Å². The number of nitrogens with one attached hydrogen (secondary N) is 1. The summed E-state index contributed by atoms with van der Waals surface area (Å²) >= 11 is 0. The van der Waals surface area contributed by atoms with Crippen molar-refractivity contribution in [1.29, 1.82) is 0 Å². The van der Waals surface area contributed by atoms with Crippen molar-refractivity contribution in [1.82, 2.24) is 24.9 Å². The predicted molar refractivity (Wildman–Crippen MR) is 98.3 cm³/mol. The third-order valence-corrected chi connectivity index (χ3v) is 4.73. The summed E-state index contributed by atoms with van der Waals surface area (Å²) in [5.74, 6) is -0.490. The second-order valence-corrected chi connectivity index (χ2v) is 6.88. The topological polar surface area (TPSA) is 90.6 Å². The predicted octanol–water partition coefficient (Wildman–Crippen LogP) is 2.26. The lowest BCUT2D eigenvalue weighted by Crippen LogP contribution is -2.41. The number of hydrogen-bond acceptors (Lipinski definition) is 6. The van der Waals surface area contributed by atoms with Crippen LogP contribution in [0.25, 0.3) is 5.78 Å². The van der Waals surface area contributed by atoms with Gasteiger partial charge in [-0.1, -0.05) is 12.1 Å². The minimum absolute atomic E-state index is 0.0635. The SMILES string of the molecule is Cc1nc2nc(C(F)(F)F)nn2c(C)c1CC(=O)NCC1COc2ccccc2O1. The molecular weight excluding hydrogens is 403 g/mol. The Balaban J connectivity index is 1.44. The molecule has 0 saturated carbocycles. The molecule has 1 unspecified atom stereocenters. The highest BCUT2D eigenvalue weighted by molar-refractivity contribution is 5.79. The molecule has 4 rings (SSSR count). The highest BCUT2D eigenvalue weighted by Crippen LogP contribution is 2.30. The Morgan fingerprint density at radius 1 is 1.23 bits per heavy atom. The van der Waals surface area contributed by atoms with Gasteiger partial charge in [0.1, 0.15) is 12.7 Å². The fraction of sp³-hybridized carbons (Fsp3) is 0.368. The van der Waals surface area contributed by atoms with Gasteiger partial charge in [0.2, 0.25) is 5.91 Å². The van der Waals surface area contributed by atoms with Crippen molar-refractivity contribution in [3.63, 3.8) is 0 Å². The molecular formula is C19H18F3N5O3. The van der Waals surface area contributed by atoms with Crippen molar-refractivity contribution in [3.05, 3.63) is 47.0 Å². The molecule has 0 fully saturated rings. The average molecular weight is 421 g/mol. The van der Waals surface area contributed by atoms with E-state index in [-0.39, 0.29) is 30.8 Å². The number of carbonyl (C=O) groups is 1. The number of nitrogens with zero attached hydrogens (tertiary/aromatic N) is 4. The summed E-state index contributed by atoms with van der Waals surface area (Å²) in [6, 6.07) is 7.25. The number of amides is 1. The van der Waals surface area contributed by atoms with Gasteiger partial charge in [0.05, 0.1) is 13.0 Å². The van der Waals surface area contributed by atoms with Crippen molar-refractivity contribution in [2.45, 2.75) is 32.5 Å². The van der Waals surface area contributed by atoms with E-state index in [2.05, 4.69) is 20.4 Å². The van der Waals surface area contributed by atoms with Gasteiger partial charge < -0.3 is 14.8 Å². The van der Waals surface area contributed by atoms with Crippen LogP contribution >= 0.6 is 0 Å². The van der Waals surface area contributed by atoms with Gasteiger partial charge in [-0.15, -0.1) is 5.10 Å². The molecule has 1 aliphatic rings. The van der Waals surface area contributed by atoms with Crippen LogP contribution in [0.5, 0.6) is 11.5 Å².